The van der Waals surface area contributed by atoms with Crippen LogP contribution < -0.4 is 9.47 Å². The van der Waals surface area contributed by atoms with Crippen LogP contribution in [0.2, 0.25) is 0 Å². The fraction of sp³-hybridized carbons (Fsp3) is 0.0968. The van der Waals surface area contributed by atoms with Gasteiger partial charge in [-0.25, -0.2) is 0 Å². The maximum Gasteiger partial charge on any atom is 0.139 e. The van der Waals surface area contributed by atoms with Crippen molar-refractivity contribution in [1.29, 1.82) is 0 Å². The van der Waals surface area contributed by atoms with E-state index in [4.69, 9.17) is 9.47 Å². The molecule has 64 heavy (non-hydrogen) atoms. The van der Waals surface area contributed by atoms with Crippen LogP contribution >= 0.6 is 0 Å². The molecule has 0 spiro atoms. The molecule has 2 heteroatoms. The van der Waals surface area contributed by atoms with Gasteiger partial charge in [0.05, 0.1) is 0 Å². The average molecular weight is 823 g/mol. The Bertz CT molecular complexity index is 3290. The summed E-state index contributed by atoms with van der Waals surface area (Å²) in [4.78, 5) is 0. The average Bonchev–Trinajstić information content (AvgIpc) is 3.33. The molecule has 2 heterocycles. The molecule has 0 N–H and O–H groups in total. The summed E-state index contributed by atoms with van der Waals surface area (Å²) in [5.41, 5.74) is 16.0. The van der Waals surface area contributed by atoms with Crippen LogP contribution in [0.15, 0.2) is 206 Å². The van der Waals surface area contributed by atoms with Crippen molar-refractivity contribution < 1.29 is 9.47 Å². The predicted molar refractivity (Wildman–Crippen MR) is 266 cm³/mol. The summed E-state index contributed by atoms with van der Waals surface area (Å²) in [6, 6.07) is 74.9. The highest BCUT2D eigenvalue weighted by molar-refractivity contribution is 6.19. The molecule has 12 rings (SSSR count). The molecule has 2 nitrogen and oxygen atoms in total. The zero-order chi connectivity index (χ0) is 43.2. The van der Waals surface area contributed by atoms with Crippen molar-refractivity contribution in [3.8, 4) is 78.6 Å². The van der Waals surface area contributed by atoms with Crippen molar-refractivity contribution in [2.75, 3.05) is 0 Å². The minimum absolute atomic E-state index is 0.197. The Balaban J connectivity index is 1.03. The van der Waals surface area contributed by atoms with E-state index >= 15 is 0 Å². The lowest BCUT2D eigenvalue weighted by molar-refractivity contribution is 0.419. The van der Waals surface area contributed by atoms with E-state index < -0.39 is 0 Å². The van der Waals surface area contributed by atoms with Crippen LogP contribution in [-0.2, 0) is 10.8 Å². The van der Waals surface area contributed by atoms with E-state index in [9.17, 15) is 0 Å². The zero-order valence-electron chi connectivity index (χ0n) is 36.4. The Kier molecular flexibility index (Phi) is 8.58. The topological polar surface area (TPSA) is 18.5 Å². The molecule has 0 unspecified atom stereocenters. The van der Waals surface area contributed by atoms with Gasteiger partial charge in [0.1, 0.15) is 23.0 Å². The van der Waals surface area contributed by atoms with Gasteiger partial charge in [0, 0.05) is 44.2 Å². The van der Waals surface area contributed by atoms with Crippen LogP contribution in [0, 0.1) is 0 Å². The minimum atomic E-state index is -0.197. The normalized spacial score (nSPS) is 14.1. The summed E-state index contributed by atoms with van der Waals surface area (Å²) in [6.45, 7) is 9.19. The lowest BCUT2D eigenvalue weighted by Crippen LogP contribution is -2.24. The fourth-order valence-corrected chi connectivity index (χ4v) is 10.7. The highest BCUT2D eigenvalue weighted by Crippen LogP contribution is 2.53. The number of hydrogen-bond acceptors (Lipinski definition) is 2. The van der Waals surface area contributed by atoms with Crippen LogP contribution in [-0.4, -0.2) is 0 Å². The van der Waals surface area contributed by atoms with Gasteiger partial charge >= 0.3 is 0 Å². The molecule has 2 aliphatic rings. The largest absolute Gasteiger partial charge is 0.456 e. The van der Waals surface area contributed by atoms with E-state index in [1.807, 2.05) is 0 Å². The van der Waals surface area contributed by atoms with Crippen LogP contribution in [0.1, 0.15) is 49.9 Å². The van der Waals surface area contributed by atoms with E-state index in [0.29, 0.717) is 0 Å². The molecule has 10 aromatic rings. The van der Waals surface area contributed by atoms with Crippen LogP contribution in [0.25, 0.3) is 77.2 Å². The molecule has 0 radical (unpaired) electrons. The number of rotatable bonds is 5. The second kappa shape index (κ2) is 14.4. The smallest absolute Gasteiger partial charge is 0.139 e. The summed E-state index contributed by atoms with van der Waals surface area (Å²) in [7, 11) is 0. The SMILES string of the molecule is CC1(C)c2ccccc2Oc2c(-c3cccc(-c4cccc5c(-c6ccccc6)c6cccc(-c7cccc(-c8cccc9c8Oc8ccccc8C9(C)C)c7)c6cc45)c3)cccc21. The quantitative estimate of drug-likeness (QED) is 0.161. The predicted octanol–water partition coefficient (Wildman–Crippen LogP) is 17.2. The maximum absolute atomic E-state index is 6.76. The van der Waals surface area contributed by atoms with Crippen molar-refractivity contribution in [2.45, 2.75) is 38.5 Å². The standard InChI is InChI=1S/C62H46O2/c1-61(2)52-30-8-10-34-56(52)63-59-46(26-16-32-54(59)61)42-22-12-20-40(36-42)44-24-14-28-48-50(44)38-51-45(25-15-29-49(51)58(48)39-18-6-5-7-19-39)41-21-13-23-43(37-41)47-27-17-33-55-60(47)64-57-35-11-9-31-53(57)62(55,3)4/h5-38H,1-4H3. The first-order valence-electron chi connectivity index (χ1n) is 22.3. The van der Waals surface area contributed by atoms with Gasteiger partial charge in [0.2, 0.25) is 0 Å². The second-order valence-electron chi connectivity index (χ2n) is 18.4. The van der Waals surface area contributed by atoms with Gasteiger partial charge in [0.15, 0.2) is 0 Å². The third-order valence-electron chi connectivity index (χ3n) is 14.0. The van der Waals surface area contributed by atoms with Crippen LogP contribution in [0.4, 0.5) is 0 Å². The van der Waals surface area contributed by atoms with Crippen LogP contribution in [0.3, 0.4) is 0 Å². The first-order valence-corrected chi connectivity index (χ1v) is 22.3. The molecule has 306 valence electrons. The van der Waals surface area contributed by atoms with E-state index in [2.05, 4.69) is 234 Å². The van der Waals surface area contributed by atoms with Gasteiger partial charge in [-0.05, 0) is 96.4 Å². The highest BCUT2D eigenvalue weighted by Gasteiger charge is 2.36. The van der Waals surface area contributed by atoms with Crippen molar-refractivity contribution in [2.24, 2.45) is 0 Å². The molecular formula is C62H46O2. The fourth-order valence-electron chi connectivity index (χ4n) is 10.7. The number of ether oxygens (including phenoxy) is 2. The van der Waals surface area contributed by atoms with E-state index in [1.54, 1.807) is 0 Å². The van der Waals surface area contributed by atoms with Gasteiger partial charge in [-0.15, -0.1) is 0 Å². The first-order chi connectivity index (χ1) is 31.3. The molecule has 0 saturated carbocycles. The summed E-state index contributed by atoms with van der Waals surface area (Å²) in [5, 5.41) is 4.87. The van der Waals surface area contributed by atoms with Gasteiger partial charge in [-0.2, -0.15) is 0 Å². The Hall–Kier alpha value is -7.68. The van der Waals surface area contributed by atoms with Gasteiger partial charge in [0.25, 0.3) is 0 Å². The van der Waals surface area contributed by atoms with E-state index in [0.717, 1.165) is 56.4 Å². The minimum Gasteiger partial charge on any atom is -0.456 e. The molecule has 10 aromatic carbocycles. The van der Waals surface area contributed by atoms with Gasteiger partial charge < -0.3 is 9.47 Å². The molecular weight excluding hydrogens is 777 g/mol. The maximum atomic E-state index is 6.76. The Morgan fingerprint density at radius 2 is 0.641 bits per heavy atom. The monoisotopic (exact) mass is 822 g/mol. The first kappa shape index (κ1) is 38.0. The molecule has 0 bridgehead atoms. The molecule has 2 aliphatic heterocycles. The van der Waals surface area contributed by atoms with E-state index in [-0.39, 0.29) is 10.8 Å². The zero-order valence-corrected chi connectivity index (χ0v) is 36.4. The number of para-hydroxylation sites is 4. The lowest BCUT2D eigenvalue weighted by atomic mass is 9.75. The third kappa shape index (κ3) is 5.86. The summed E-state index contributed by atoms with van der Waals surface area (Å²) < 4.78 is 13.5. The van der Waals surface area contributed by atoms with Gasteiger partial charge in [-0.3, -0.25) is 0 Å². The van der Waals surface area contributed by atoms with Crippen molar-refractivity contribution >= 4 is 21.5 Å². The molecule has 0 aliphatic carbocycles. The van der Waals surface area contributed by atoms with Crippen molar-refractivity contribution in [1.82, 2.24) is 0 Å². The second-order valence-corrected chi connectivity index (χ2v) is 18.4. The highest BCUT2D eigenvalue weighted by atomic mass is 16.5. The number of hydrogen-bond donors (Lipinski definition) is 0. The van der Waals surface area contributed by atoms with Gasteiger partial charge in [-0.1, -0.05) is 204 Å². The van der Waals surface area contributed by atoms with Crippen molar-refractivity contribution in [3.05, 3.63) is 229 Å². The van der Waals surface area contributed by atoms with E-state index in [1.165, 1.54) is 66.1 Å². The molecule has 0 fully saturated rings. The number of benzene rings is 10. The third-order valence-corrected chi connectivity index (χ3v) is 14.0. The molecule has 0 saturated heterocycles. The summed E-state index contributed by atoms with van der Waals surface area (Å²) in [6.07, 6.45) is 0. The van der Waals surface area contributed by atoms with Crippen molar-refractivity contribution in [3.63, 3.8) is 0 Å². The Morgan fingerprint density at radius 3 is 1.12 bits per heavy atom. The van der Waals surface area contributed by atoms with Crippen LogP contribution in [0.5, 0.6) is 23.0 Å². The molecule has 0 amide bonds. The lowest BCUT2D eigenvalue weighted by Gasteiger charge is -2.35. The summed E-state index contributed by atoms with van der Waals surface area (Å²) in [5.74, 6) is 3.71. The molecule has 0 atom stereocenters. The molecule has 0 aromatic heterocycles. The summed E-state index contributed by atoms with van der Waals surface area (Å²) >= 11 is 0. The Morgan fingerprint density at radius 1 is 0.281 bits per heavy atom. The Labute approximate surface area is 375 Å². The number of fused-ring (bicyclic) bond motifs is 6.